The quantitative estimate of drug-likeness (QED) is 0.706. The van der Waals surface area contributed by atoms with Crippen LogP contribution in [-0.4, -0.2) is 52.4 Å². The zero-order chi connectivity index (χ0) is 17.9. The van der Waals surface area contributed by atoms with Crippen LogP contribution in [0.3, 0.4) is 0 Å². The Morgan fingerprint density at radius 3 is 2.46 bits per heavy atom. The number of benzene rings is 1. The minimum Gasteiger partial charge on any atom is -0.359 e. The van der Waals surface area contributed by atoms with Gasteiger partial charge in [0, 0.05) is 23.6 Å². The van der Waals surface area contributed by atoms with Crippen LogP contribution in [0, 0.1) is 0 Å². The second-order valence-electron chi connectivity index (χ2n) is 5.08. The number of rotatable bonds is 5. The minimum absolute atomic E-state index is 0.0907. The van der Waals surface area contributed by atoms with Crippen molar-refractivity contribution in [2.75, 3.05) is 13.6 Å². The molecule has 24 heavy (non-hydrogen) atoms. The van der Waals surface area contributed by atoms with E-state index in [1.807, 2.05) is 0 Å². The van der Waals surface area contributed by atoms with E-state index in [4.69, 9.17) is 12.2 Å². The van der Waals surface area contributed by atoms with Crippen LogP contribution in [0.4, 0.5) is 0 Å². The van der Waals surface area contributed by atoms with Crippen LogP contribution in [0.2, 0.25) is 0 Å². The first kappa shape index (κ1) is 18.3. The summed E-state index contributed by atoms with van der Waals surface area (Å²) >= 11 is 8.57. The summed E-state index contributed by atoms with van der Waals surface area (Å²) in [7, 11) is 1.49. The third kappa shape index (κ3) is 3.73. The lowest BCUT2D eigenvalue weighted by atomic mass is 10.2. The highest BCUT2D eigenvalue weighted by molar-refractivity contribution is 9.10. The summed E-state index contributed by atoms with van der Waals surface area (Å²) in [5.74, 6) is -1.02. The summed E-state index contributed by atoms with van der Waals surface area (Å²) in [6, 6.07) is 5.92. The van der Waals surface area contributed by atoms with Gasteiger partial charge >= 0.3 is 0 Å². The highest BCUT2D eigenvalue weighted by Gasteiger charge is 2.43. The predicted molar refractivity (Wildman–Crippen MR) is 95.9 cm³/mol. The Balaban J connectivity index is 2.21. The molecule has 1 unspecified atom stereocenters. The van der Waals surface area contributed by atoms with E-state index >= 15 is 0 Å². The maximum absolute atomic E-state index is 12.4. The number of halogens is 1. The van der Waals surface area contributed by atoms with Gasteiger partial charge in [0.1, 0.15) is 6.04 Å². The monoisotopic (exact) mass is 412 g/mol. The van der Waals surface area contributed by atoms with Crippen LogP contribution in [0.15, 0.2) is 28.7 Å². The second kappa shape index (κ2) is 7.71. The fourth-order valence-corrected chi connectivity index (χ4v) is 2.95. The summed E-state index contributed by atoms with van der Waals surface area (Å²) in [5, 5.41) is 3.95. The Morgan fingerprint density at radius 2 is 1.92 bits per heavy atom. The normalized spacial score (nSPS) is 17.2. The van der Waals surface area contributed by atoms with E-state index in [9.17, 15) is 14.4 Å². The predicted octanol–water partition coefficient (Wildman–Crippen LogP) is 1.05. The van der Waals surface area contributed by atoms with Crippen molar-refractivity contribution in [2.45, 2.75) is 19.4 Å². The van der Waals surface area contributed by atoms with Gasteiger partial charge in [-0.25, -0.2) is 5.01 Å². The van der Waals surface area contributed by atoms with Gasteiger partial charge in [-0.05, 0) is 43.4 Å². The molecular weight excluding hydrogens is 396 g/mol. The summed E-state index contributed by atoms with van der Waals surface area (Å²) < 4.78 is 0.848. The molecule has 1 aliphatic rings. The van der Waals surface area contributed by atoms with Crippen molar-refractivity contribution < 1.29 is 14.4 Å². The molecule has 3 amide bonds. The summed E-state index contributed by atoms with van der Waals surface area (Å²) in [4.78, 5) is 37.9. The molecule has 9 heteroatoms. The van der Waals surface area contributed by atoms with Crippen molar-refractivity contribution in [1.29, 1.82) is 0 Å². The SMILES string of the molecule is CCN1C(=O)C(CC(=O)NC)N(NC(=O)c2ccc(Br)cc2)C1=S. The zero-order valence-corrected chi connectivity index (χ0v) is 15.6. The lowest BCUT2D eigenvalue weighted by Crippen LogP contribution is -2.50. The zero-order valence-electron chi connectivity index (χ0n) is 13.2. The molecule has 1 fully saturated rings. The van der Waals surface area contributed by atoms with Gasteiger partial charge in [0.05, 0.1) is 6.42 Å². The molecule has 1 aliphatic heterocycles. The Hall–Kier alpha value is -2.00. The standard InChI is InChI=1S/C15H17BrN4O3S/c1-3-19-14(23)11(8-12(21)17-2)20(15(19)24)18-13(22)9-4-6-10(16)7-5-9/h4-7,11H,3,8H2,1-2H3,(H,17,21)(H,18,22). The Bertz CT molecular complexity index is 680. The molecule has 2 rings (SSSR count). The van der Waals surface area contributed by atoms with Gasteiger partial charge in [-0.2, -0.15) is 0 Å². The van der Waals surface area contributed by atoms with Gasteiger partial charge in [0.2, 0.25) is 5.91 Å². The number of hydrogen-bond donors (Lipinski definition) is 2. The Kier molecular flexibility index (Phi) is 5.89. The third-order valence-electron chi connectivity index (χ3n) is 3.60. The number of carbonyl (C=O) groups excluding carboxylic acids is 3. The minimum atomic E-state index is -0.850. The van der Waals surface area contributed by atoms with Gasteiger partial charge in [-0.3, -0.25) is 24.7 Å². The first-order chi connectivity index (χ1) is 11.4. The Morgan fingerprint density at radius 1 is 1.29 bits per heavy atom. The van der Waals surface area contributed by atoms with E-state index in [0.717, 1.165) is 4.47 Å². The van der Waals surface area contributed by atoms with Crippen molar-refractivity contribution in [3.63, 3.8) is 0 Å². The van der Waals surface area contributed by atoms with Gasteiger partial charge in [0.25, 0.3) is 11.8 Å². The van der Waals surface area contributed by atoms with E-state index in [-0.39, 0.29) is 23.3 Å². The van der Waals surface area contributed by atoms with Gasteiger partial charge in [-0.15, -0.1) is 0 Å². The van der Waals surface area contributed by atoms with E-state index in [1.165, 1.54) is 17.0 Å². The number of thiocarbonyl (C=S) groups is 1. The highest BCUT2D eigenvalue weighted by Crippen LogP contribution is 2.19. The molecule has 1 saturated heterocycles. The maximum atomic E-state index is 12.4. The first-order valence-electron chi connectivity index (χ1n) is 7.30. The van der Waals surface area contributed by atoms with Crippen LogP contribution in [-0.2, 0) is 9.59 Å². The number of amides is 3. The van der Waals surface area contributed by atoms with Crippen LogP contribution >= 0.6 is 28.1 Å². The topological polar surface area (TPSA) is 81.8 Å². The third-order valence-corrected chi connectivity index (χ3v) is 4.55. The molecule has 7 nitrogen and oxygen atoms in total. The highest BCUT2D eigenvalue weighted by atomic mass is 79.9. The van der Waals surface area contributed by atoms with E-state index < -0.39 is 11.9 Å². The Labute approximate surface area is 153 Å². The molecule has 0 aliphatic carbocycles. The number of nitrogens with zero attached hydrogens (tertiary/aromatic N) is 2. The maximum Gasteiger partial charge on any atom is 0.269 e. The molecule has 0 aromatic heterocycles. The number of hydrogen-bond acceptors (Lipinski definition) is 4. The molecule has 0 radical (unpaired) electrons. The fraction of sp³-hybridized carbons (Fsp3) is 0.333. The number of likely N-dealkylation sites (N-methyl/N-ethyl adjacent to an activating group) is 1. The van der Waals surface area contributed by atoms with Gasteiger partial charge in [-0.1, -0.05) is 15.9 Å². The molecule has 1 heterocycles. The molecule has 1 aromatic carbocycles. The lowest BCUT2D eigenvalue weighted by molar-refractivity contribution is -0.132. The molecule has 2 N–H and O–H groups in total. The largest absolute Gasteiger partial charge is 0.359 e. The molecule has 0 saturated carbocycles. The van der Waals surface area contributed by atoms with Crippen LogP contribution in [0.25, 0.3) is 0 Å². The van der Waals surface area contributed by atoms with Crippen LogP contribution in [0.1, 0.15) is 23.7 Å². The first-order valence-corrected chi connectivity index (χ1v) is 8.50. The van der Waals surface area contributed by atoms with Crippen LogP contribution in [0.5, 0.6) is 0 Å². The van der Waals surface area contributed by atoms with Crippen molar-refractivity contribution >= 4 is 51.0 Å². The summed E-state index contributed by atoms with van der Waals surface area (Å²) in [6.45, 7) is 2.15. The molecule has 0 spiro atoms. The van der Waals surface area contributed by atoms with Gasteiger partial charge in [0.15, 0.2) is 5.11 Å². The number of nitrogens with one attached hydrogen (secondary N) is 2. The van der Waals surface area contributed by atoms with Crippen molar-refractivity contribution in [3.05, 3.63) is 34.3 Å². The van der Waals surface area contributed by atoms with Crippen LogP contribution < -0.4 is 10.7 Å². The molecular formula is C15H17BrN4O3S. The number of carbonyl (C=O) groups is 3. The molecule has 128 valence electrons. The molecule has 1 aromatic rings. The molecule has 1 atom stereocenters. The lowest BCUT2D eigenvalue weighted by Gasteiger charge is -2.24. The number of hydrazine groups is 1. The van der Waals surface area contributed by atoms with E-state index in [0.29, 0.717) is 12.1 Å². The van der Waals surface area contributed by atoms with Crippen molar-refractivity contribution in [1.82, 2.24) is 20.7 Å². The average molecular weight is 413 g/mol. The van der Waals surface area contributed by atoms with E-state index in [1.54, 1.807) is 31.2 Å². The van der Waals surface area contributed by atoms with Crippen molar-refractivity contribution in [2.24, 2.45) is 0 Å². The fourth-order valence-electron chi connectivity index (χ4n) is 2.30. The van der Waals surface area contributed by atoms with Gasteiger partial charge < -0.3 is 5.32 Å². The van der Waals surface area contributed by atoms with E-state index in [2.05, 4.69) is 26.7 Å². The summed E-state index contributed by atoms with van der Waals surface area (Å²) in [6.07, 6.45) is -0.0907. The summed E-state index contributed by atoms with van der Waals surface area (Å²) in [5.41, 5.74) is 3.05. The smallest absolute Gasteiger partial charge is 0.269 e. The molecule has 0 bridgehead atoms. The second-order valence-corrected chi connectivity index (χ2v) is 6.36. The average Bonchev–Trinajstić information content (AvgIpc) is 2.78. The van der Waals surface area contributed by atoms with Crippen molar-refractivity contribution in [3.8, 4) is 0 Å².